The molecule has 0 saturated heterocycles. The molecule has 0 saturated carbocycles. The number of hydrogen-bond donors (Lipinski definition) is 4. The zero-order chi connectivity index (χ0) is 16.9. The summed E-state index contributed by atoms with van der Waals surface area (Å²) in [5.41, 5.74) is 5.96. The maximum Gasteiger partial charge on any atom is 0.373 e. The lowest BCUT2D eigenvalue weighted by Crippen LogP contribution is -2.62. The number of carbonyl (C=O) groups is 2. The Kier molecular flexibility index (Phi) is 6.75. The van der Waals surface area contributed by atoms with E-state index in [2.05, 4.69) is 10.1 Å². The van der Waals surface area contributed by atoms with Crippen LogP contribution in [0.15, 0.2) is 11.8 Å². The van der Waals surface area contributed by atoms with Crippen LogP contribution in [0.2, 0.25) is 0 Å². The Morgan fingerprint density at radius 2 is 2.14 bits per heavy atom. The van der Waals surface area contributed by atoms with Gasteiger partial charge >= 0.3 is 5.97 Å². The molecule has 0 aromatic carbocycles. The van der Waals surface area contributed by atoms with Gasteiger partial charge in [-0.2, -0.15) is 0 Å². The maximum absolute atomic E-state index is 11.6. The van der Waals surface area contributed by atoms with Crippen LogP contribution in [0, 0.1) is 0 Å². The Morgan fingerprint density at radius 3 is 2.59 bits per heavy atom. The molecule has 1 amide bonds. The summed E-state index contributed by atoms with van der Waals surface area (Å²) in [5, 5.41) is 21.6. The molecule has 1 aliphatic rings. The van der Waals surface area contributed by atoms with Crippen molar-refractivity contribution in [1.29, 1.82) is 0 Å². The first kappa shape index (κ1) is 18.4. The van der Waals surface area contributed by atoms with E-state index in [9.17, 15) is 14.7 Å². The van der Waals surface area contributed by atoms with Crippen molar-refractivity contribution in [1.82, 2.24) is 5.32 Å². The van der Waals surface area contributed by atoms with Crippen molar-refractivity contribution in [3.05, 3.63) is 11.8 Å². The molecule has 1 aliphatic heterocycles. The molecular weight excluding hydrogens is 296 g/mol. The molecule has 0 fully saturated rings. The van der Waals surface area contributed by atoms with Crippen LogP contribution in [0.3, 0.4) is 0 Å². The summed E-state index contributed by atoms with van der Waals surface area (Å²) in [6.07, 6.45) is -1.96. The van der Waals surface area contributed by atoms with E-state index in [1.807, 2.05) is 0 Å². The number of esters is 1. The van der Waals surface area contributed by atoms with Crippen molar-refractivity contribution in [2.75, 3.05) is 20.8 Å². The molecular formula is C13H22N2O7. The number of ether oxygens (including phenoxy) is 3. The van der Waals surface area contributed by atoms with E-state index in [1.54, 1.807) is 0 Å². The van der Waals surface area contributed by atoms with Gasteiger partial charge in [-0.15, -0.1) is 0 Å². The Balaban J connectivity index is 3.13. The highest BCUT2D eigenvalue weighted by Gasteiger charge is 2.43. The SMILES string of the molecule is COC(=O)C1=C[C@H](N)[C@@H](NC(C)=O)[C@H](C(OC)C(O)CO)O1. The summed E-state index contributed by atoms with van der Waals surface area (Å²) < 4.78 is 15.2. The van der Waals surface area contributed by atoms with Crippen LogP contribution in [-0.4, -0.2) is 73.3 Å². The van der Waals surface area contributed by atoms with E-state index in [1.165, 1.54) is 27.2 Å². The van der Waals surface area contributed by atoms with Crippen LogP contribution in [0.25, 0.3) is 0 Å². The number of hydrogen-bond acceptors (Lipinski definition) is 8. The molecule has 5 atom stereocenters. The third kappa shape index (κ3) is 4.17. The van der Waals surface area contributed by atoms with Gasteiger partial charge in [0.2, 0.25) is 11.7 Å². The number of rotatable bonds is 6. The highest BCUT2D eigenvalue weighted by atomic mass is 16.6. The fourth-order valence-electron chi connectivity index (χ4n) is 2.27. The molecule has 5 N–H and O–H groups in total. The van der Waals surface area contributed by atoms with E-state index in [0.717, 1.165) is 0 Å². The van der Waals surface area contributed by atoms with Crippen molar-refractivity contribution in [3.8, 4) is 0 Å². The van der Waals surface area contributed by atoms with Crippen LogP contribution in [-0.2, 0) is 23.8 Å². The molecule has 0 aromatic heterocycles. The van der Waals surface area contributed by atoms with E-state index in [4.69, 9.17) is 20.3 Å². The summed E-state index contributed by atoms with van der Waals surface area (Å²) in [5.74, 6) is -1.25. The number of aliphatic hydroxyl groups excluding tert-OH is 2. The van der Waals surface area contributed by atoms with Crippen LogP contribution >= 0.6 is 0 Å². The molecule has 0 aliphatic carbocycles. The van der Waals surface area contributed by atoms with Crippen molar-refractivity contribution < 1.29 is 34.0 Å². The average Bonchev–Trinajstić information content (AvgIpc) is 2.49. The maximum atomic E-state index is 11.6. The minimum Gasteiger partial charge on any atom is -0.478 e. The molecule has 1 heterocycles. The lowest BCUT2D eigenvalue weighted by Gasteiger charge is -2.40. The van der Waals surface area contributed by atoms with Gasteiger partial charge in [0.05, 0.1) is 25.8 Å². The molecule has 22 heavy (non-hydrogen) atoms. The molecule has 0 bridgehead atoms. The predicted molar refractivity (Wildman–Crippen MR) is 74.4 cm³/mol. The van der Waals surface area contributed by atoms with Gasteiger partial charge in [-0.1, -0.05) is 0 Å². The van der Waals surface area contributed by atoms with Crippen molar-refractivity contribution >= 4 is 11.9 Å². The molecule has 9 nitrogen and oxygen atoms in total. The second-order valence-electron chi connectivity index (χ2n) is 4.86. The number of aliphatic hydroxyl groups is 2. The van der Waals surface area contributed by atoms with Gasteiger partial charge in [-0.3, -0.25) is 4.79 Å². The lowest BCUT2D eigenvalue weighted by molar-refractivity contribution is -0.151. The highest BCUT2D eigenvalue weighted by Crippen LogP contribution is 2.24. The minimum atomic E-state index is -1.28. The average molecular weight is 318 g/mol. The van der Waals surface area contributed by atoms with Gasteiger partial charge in [0.1, 0.15) is 18.3 Å². The van der Waals surface area contributed by atoms with Crippen LogP contribution < -0.4 is 11.1 Å². The topological polar surface area (TPSA) is 140 Å². The fraction of sp³-hybridized carbons (Fsp3) is 0.692. The summed E-state index contributed by atoms with van der Waals surface area (Å²) in [6, 6.07) is -1.52. The predicted octanol–water partition coefficient (Wildman–Crippen LogP) is -2.36. The second kappa shape index (κ2) is 8.08. The fourth-order valence-corrected chi connectivity index (χ4v) is 2.27. The van der Waals surface area contributed by atoms with E-state index >= 15 is 0 Å². The quantitative estimate of drug-likeness (QED) is 0.399. The van der Waals surface area contributed by atoms with Gasteiger partial charge < -0.3 is 35.5 Å². The van der Waals surface area contributed by atoms with Crippen LogP contribution in [0.5, 0.6) is 0 Å². The smallest absolute Gasteiger partial charge is 0.373 e. The summed E-state index contributed by atoms with van der Waals surface area (Å²) >= 11 is 0. The first-order chi connectivity index (χ1) is 10.3. The summed E-state index contributed by atoms with van der Waals surface area (Å²) in [4.78, 5) is 23.0. The van der Waals surface area contributed by atoms with Gasteiger partial charge in [-0.05, 0) is 6.08 Å². The highest BCUT2D eigenvalue weighted by molar-refractivity contribution is 5.86. The zero-order valence-electron chi connectivity index (χ0n) is 12.7. The van der Waals surface area contributed by atoms with Gasteiger partial charge in [-0.25, -0.2) is 4.79 Å². The molecule has 0 aromatic rings. The largest absolute Gasteiger partial charge is 0.478 e. The van der Waals surface area contributed by atoms with Crippen molar-refractivity contribution in [2.24, 2.45) is 5.73 Å². The van der Waals surface area contributed by atoms with E-state index < -0.39 is 43.0 Å². The molecule has 2 unspecified atom stereocenters. The molecule has 1 rings (SSSR count). The summed E-state index contributed by atoms with van der Waals surface area (Å²) in [6.45, 7) is 0.714. The van der Waals surface area contributed by atoms with E-state index in [0.29, 0.717) is 0 Å². The minimum absolute atomic E-state index is 0.145. The first-order valence-electron chi connectivity index (χ1n) is 6.66. The Hall–Kier alpha value is -1.68. The van der Waals surface area contributed by atoms with E-state index in [-0.39, 0.29) is 11.7 Å². The van der Waals surface area contributed by atoms with Crippen molar-refractivity contribution in [2.45, 2.75) is 37.3 Å². The number of amides is 1. The summed E-state index contributed by atoms with van der Waals surface area (Å²) in [7, 11) is 2.49. The lowest BCUT2D eigenvalue weighted by atomic mass is 9.92. The molecule has 126 valence electrons. The molecule has 0 radical (unpaired) electrons. The normalized spacial score (nSPS) is 27.2. The monoisotopic (exact) mass is 318 g/mol. The molecule has 9 heteroatoms. The van der Waals surface area contributed by atoms with Gasteiger partial charge in [0.25, 0.3) is 0 Å². The molecule has 0 spiro atoms. The third-order valence-corrected chi connectivity index (χ3v) is 3.29. The Bertz CT molecular complexity index is 440. The zero-order valence-corrected chi connectivity index (χ0v) is 12.7. The third-order valence-electron chi connectivity index (χ3n) is 3.29. The van der Waals surface area contributed by atoms with Crippen LogP contribution in [0.1, 0.15) is 6.92 Å². The first-order valence-corrected chi connectivity index (χ1v) is 6.66. The number of nitrogens with two attached hydrogens (primary N) is 1. The second-order valence-corrected chi connectivity index (χ2v) is 4.86. The van der Waals surface area contributed by atoms with Crippen LogP contribution in [0.4, 0.5) is 0 Å². The van der Waals surface area contributed by atoms with Gasteiger partial charge in [0, 0.05) is 14.0 Å². The number of methoxy groups -OCH3 is 2. The Morgan fingerprint density at radius 1 is 1.50 bits per heavy atom. The Labute approximate surface area is 128 Å². The van der Waals surface area contributed by atoms with Crippen molar-refractivity contribution in [3.63, 3.8) is 0 Å². The number of nitrogens with one attached hydrogen (secondary N) is 1. The van der Waals surface area contributed by atoms with Gasteiger partial charge in [0.15, 0.2) is 0 Å². The number of carbonyl (C=O) groups excluding carboxylic acids is 2. The standard InChI is InChI=1S/C13H22N2O7/c1-6(17)15-10-7(14)4-9(13(19)21-3)22-12(10)11(20-2)8(18)5-16/h4,7-8,10-12,16,18H,5,14H2,1-3H3,(H,15,17)/t7-,8?,10+,11?,12+/m0/s1.